The number of carbonyl (C=O) groups excluding carboxylic acids is 1. The van der Waals surface area contributed by atoms with Crippen LogP contribution in [0, 0.1) is 0 Å². The van der Waals surface area contributed by atoms with Crippen molar-refractivity contribution in [3.63, 3.8) is 0 Å². The minimum atomic E-state index is -0.131. The highest BCUT2D eigenvalue weighted by Gasteiger charge is 2.18. The molecule has 6 heteroatoms. The zero-order valence-electron chi connectivity index (χ0n) is 13.5. The number of fused-ring (bicyclic) bond motifs is 1. The molecule has 3 rings (SSSR count). The molecule has 0 unspecified atom stereocenters. The Morgan fingerprint density at radius 1 is 1.39 bits per heavy atom. The van der Waals surface area contributed by atoms with Crippen LogP contribution in [0.2, 0.25) is 0 Å². The van der Waals surface area contributed by atoms with Gasteiger partial charge in [-0.1, -0.05) is 6.92 Å². The molecule has 2 heterocycles. The van der Waals surface area contributed by atoms with Gasteiger partial charge in [-0.2, -0.15) is 5.10 Å². The number of hydrogen-bond acceptors (Lipinski definition) is 3. The van der Waals surface area contributed by atoms with Gasteiger partial charge in [0.1, 0.15) is 11.4 Å². The van der Waals surface area contributed by atoms with Gasteiger partial charge in [0.25, 0.3) is 5.91 Å². The lowest BCUT2D eigenvalue weighted by atomic mass is 10.1. The summed E-state index contributed by atoms with van der Waals surface area (Å²) in [5.41, 5.74) is 2.43. The molecular weight excluding hydrogens is 292 g/mol. The molecule has 1 aromatic carbocycles. The lowest BCUT2D eigenvalue weighted by Gasteiger charge is -2.16. The molecule has 1 amide bonds. The van der Waals surface area contributed by atoms with Crippen molar-refractivity contribution in [3.05, 3.63) is 47.9 Å². The zero-order chi connectivity index (χ0) is 16.4. The molecule has 2 N–H and O–H groups in total. The highest BCUT2D eigenvalue weighted by Crippen LogP contribution is 2.22. The fourth-order valence-corrected chi connectivity index (χ4v) is 2.71. The van der Waals surface area contributed by atoms with E-state index >= 15 is 0 Å². The van der Waals surface area contributed by atoms with Crippen molar-refractivity contribution >= 4 is 16.8 Å². The summed E-state index contributed by atoms with van der Waals surface area (Å²) in [6, 6.07) is 9.36. The van der Waals surface area contributed by atoms with Gasteiger partial charge in [-0.05, 0) is 36.8 Å². The minimum absolute atomic E-state index is 0.0732. The lowest BCUT2D eigenvalue weighted by molar-refractivity contribution is 0.0929. The van der Waals surface area contributed by atoms with Gasteiger partial charge < -0.3 is 15.0 Å². The number of aromatic amines is 1. The third-order valence-corrected chi connectivity index (χ3v) is 4.00. The Kier molecular flexibility index (Phi) is 4.06. The number of rotatable bonds is 5. The number of carbonyl (C=O) groups is 1. The van der Waals surface area contributed by atoms with Gasteiger partial charge in [0.2, 0.25) is 0 Å². The van der Waals surface area contributed by atoms with Crippen LogP contribution < -0.4 is 10.1 Å². The summed E-state index contributed by atoms with van der Waals surface area (Å²) in [6.45, 7) is 2.04. The molecule has 3 aromatic rings. The van der Waals surface area contributed by atoms with Crippen LogP contribution in [-0.4, -0.2) is 27.8 Å². The lowest BCUT2D eigenvalue weighted by Crippen LogP contribution is -2.29. The fraction of sp³-hybridized carbons (Fsp3) is 0.294. The summed E-state index contributed by atoms with van der Waals surface area (Å²) in [5.74, 6) is 0.637. The molecule has 0 aliphatic carbocycles. The number of H-pyrrole nitrogens is 1. The van der Waals surface area contributed by atoms with Gasteiger partial charge in [0, 0.05) is 24.1 Å². The number of ether oxygens (including phenoxy) is 1. The molecule has 6 nitrogen and oxygen atoms in total. The Balaban J connectivity index is 1.83. The molecule has 0 saturated carbocycles. The summed E-state index contributed by atoms with van der Waals surface area (Å²) in [5, 5.41) is 8.16. The van der Waals surface area contributed by atoms with Crippen molar-refractivity contribution in [3.8, 4) is 5.75 Å². The van der Waals surface area contributed by atoms with Crippen LogP contribution in [0.25, 0.3) is 10.9 Å². The van der Waals surface area contributed by atoms with E-state index in [-0.39, 0.29) is 11.9 Å². The number of nitrogens with one attached hydrogen (secondary N) is 2. The Bertz CT molecular complexity index is 834. The van der Waals surface area contributed by atoms with Crippen molar-refractivity contribution in [2.24, 2.45) is 7.05 Å². The van der Waals surface area contributed by atoms with Crippen molar-refractivity contribution in [2.75, 3.05) is 7.11 Å². The normalized spacial score (nSPS) is 12.3. The highest BCUT2D eigenvalue weighted by molar-refractivity contribution is 5.98. The van der Waals surface area contributed by atoms with Crippen molar-refractivity contribution in [2.45, 2.75) is 19.4 Å². The molecule has 23 heavy (non-hydrogen) atoms. The maximum absolute atomic E-state index is 12.5. The number of amides is 1. The van der Waals surface area contributed by atoms with E-state index in [2.05, 4.69) is 15.4 Å². The molecule has 0 spiro atoms. The second kappa shape index (κ2) is 6.16. The summed E-state index contributed by atoms with van der Waals surface area (Å²) in [4.78, 5) is 15.7. The van der Waals surface area contributed by atoms with E-state index in [0.717, 1.165) is 28.8 Å². The minimum Gasteiger partial charge on any atom is -0.497 e. The third kappa shape index (κ3) is 2.92. The number of benzene rings is 1. The largest absolute Gasteiger partial charge is 0.497 e. The van der Waals surface area contributed by atoms with E-state index in [9.17, 15) is 4.79 Å². The van der Waals surface area contributed by atoms with Gasteiger partial charge in [0.15, 0.2) is 0 Å². The number of aromatic nitrogens is 3. The Morgan fingerprint density at radius 2 is 2.22 bits per heavy atom. The van der Waals surface area contributed by atoms with E-state index < -0.39 is 0 Å². The number of hydrogen-bond donors (Lipinski definition) is 2. The van der Waals surface area contributed by atoms with Gasteiger partial charge in [0.05, 0.1) is 18.8 Å². The average Bonchev–Trinajstić information content (AvgIpc) is 3.17. The second-order valence-corrected chi connectivity index (χ2v) is 5.45. The van der Waals surface area contributed by atoms with E-state index in [1.165, 1.54) is 0 Å². The molecule has 0 aliphatic heterocycles. The van der Waals surface area contributed by atoms with Crippen LogP contribution in [0.5, 0.6) is 5.75 Å². The molecule has 0 bridgehead atoms. The molecule has 2 aromatic heterocycles. The highest BCUT2D eigenvalue weighted by atomic mass is 16.5. The van der Waals surface area contributed by atoms with E-state index in [4.69, 9.17) is 4.74 Å². The number of methoxy groups -OCH3 is 1. The van der Waals surface area contributed by atoms with Crippen LogP contribution in [0.4, 0.5) is 0 Å². The molecular formula is C17H20N4O2. The van der Waals surface area contributed by atoms with Crippen LogP contribution >= 0.6 is 0 Å². The monoisotopic (exact) mass is 312 g/mol. The standard InChI is InChI=1S/C17H20N4O2/c1-4-13(16-7-8-18-21(16)2)20-17(22)15-10-11-9-12(23-3)5-6-14(11)19-15/h5-10,13,19H,4H2,1-3H3,(H,20,22)/t13-/m1/s1. The van der Waals surface area contributed by atoms with Crippen LogP contribution in [0.15, 0.2) is 36.5 Å². The third-order valence-electron chi connectivity index (χ3n) is 4.00. The molecule has 120 valence electrons. The van der Waals surface area contributed by atoms with Gasteiger partial charge in [-0.3, -0.25) is 9.48 Å². The molecule has 0 radical (unpaired) electrons. The van der Waals surface area contributed by atoms with E-state index in [1.54, 1.807) is 18.0 Å². The quantitative estimate of drug-likeness (QED) is 0.761. The second-order valence-electron chi connectivity index (χ2n) is 5.45. The smallest absolute Gasteiger partial charge is 0.268 e. The first-order valence-electron chi connectivity index (χ1n) is 7.58. The maximum Gasteiger partial charge on any atom is 0.268 e. The molecule has 1 atom stereocenters. The van der Waals surface area contributed by atoms with Gasteiger partial charge in [-0.25, -0.2) is 0 Å². The maximum atomic E-state index is 12.5. The van der Waals surface area contributed by atoms with E-state index in [0.29, 0.717) is 5.69 Å². The van der Waals surface area contributed by atoms with Crippen molar-refractivity contribution in [1.29, 1.82) is 0 Å². The summed E-state index contributed by atoms with van der Waals surface area (Å²) < 4.78 is 6.99. The molecule has 0 saturated heterocycles. The summed E-state index contributed by atoms with van der Waals surface area (Å²) in [7, 11) is 3.50. The first kappa shape index (κ1) is 15.1. The zero-order valence-corrected chi connectivity index (χ0v) is 13.5. The summed E-state index contributed by atoms with van der Waals surface area (Å²) >= 11 is 0. The fourth-order valence-electron chi connectivity index (χ4n) is 2.71. The first-order valence-corrected chi connectivity index (χ1v) is 7.58. The molecule has 0 aliphatic rings. The van der Waals surface area contributed by atoms with Crippen LogP contribution in [0.1, 0.15) is 35.6 Å². The van der Waals surface area contributed by atoms with Crippen molar-refractivity contribution < 1.29 is 9.53 Å². The predicted molar refractivity (Wildman–Crippen MR) is 88.6 cm³/mol. The average molecular weight is 312 g/mol. The van der Waals surface area contributed by atoms with Crippen molar-refractivity contribution in [1.82, 2.24) is 20.1 Å². The van der Waals surface area contributed by atoms with Crippen LogP contribution in [-0.2, 0) is 7.05 Å². The van der Waals surface area contributed by atoms with Gasteiger partial charge in [-0.15, -0.1) is 0 Å². The van der Waals surface area contributed by atoms with E-state index in [1.807, 2.05) is 44.3 Å². The predicted octanol–water partition coefficient (Wildman–Crippen LogP) is 2.79. The first-order chi connectivity index (χ1) is 11.1. The Labute approximate surface area is 134 Å². The molecule has 0 fully saturated rings. The Morgan fingerprint density at radius 3 is 2.87 bits per heavy atom. The SMILES string of the molecule is CC[C@@H](NC(=O)c1cc2cc(OC)ccc2[nH]1)c1ccnn1C. The topological polar surface area (TPSA) is 71.9 Å². The van der Waals surface area contributed by atoms with Crippen LogP contribution in [0.3, 0.4) is 0 Å². The van der Waals surface area contributed by atoms with Gasteiger partial charge >= 0.3 is 0 Å². The summed E-state index contributed by atoms with van der Waals surface area (Å²) in [6.07, 6.45) is 2.53. The number of nitrogens with zero attached hydrogens (tertiary/aromatic N) is 2. The number of aryl methyl sites for hydroxylation is 1. The Hall–Kier alpha value is -2.76.